The predicted octanol–water partition coefficient (Wildman–Crippen LogP) is 3.75. The van der Waals surface area contributed by atoms with Gasteiger partial charge in [-0.25, -0.2) is 0 Å². The van der Waals surface area contributed by atoms with E-state index in [9.17, 15) is 4.79 Å². The topological polar surface area (TPSA) is 29.1 Å². The molecule has 1 aliphatic carbocycles. The molecule has 2 rings (SSSR count). The van der Waals surface area contributed by atoms with Crippen LogP contribution in [0.5, 0.6) is 0 Å². The molecule has 2 aliphatic rings. The van der Waals surface area contributed by atoms with Gasteiger partial charge in [0.15, 0.2) is 0 Å². The molecular formula is C16H29NO. The summed E-state index contributed by atoms with van der Waals surface area (Å²) in [5, 5.41) is 3.14. The van der Waals surface area contributed by atoms with Crippen LogP contribution in [0.1, 0.15) is 66.7 Å². The summed E-state index contributed by atoms with van der Waals surface area (Å²) in [7, 11) is 0. The minimum Gasteiger partial charge on any atom is -0.351 e. The van der Waals surface area contributed by atoms with Gasteiger partial charge in [0.2, 0.25) is 5.91 Å². The molecule has 2 nitrogen and oxygen atoms in total. The minimum absolute atomic E-state index is 0.0102. The number of carbonyl (C=O) groups is 1. The van der Waals surface area contributed by atoms with Crippen molar-refractivity contribution >= 4 is 5.91 Å². The second-order valence-electron chi connectivity index (χ2n) is 8.06. The van der Waals surface area contributed by atoms with E-state index in [-0.39, 0.29) is 11.4 Å². The van der Waals surface area contributed by atoms with E-state index < -0.39 is 0 Å². The zero-order valence-electron chi connectivity index (χ0n) is 12.7. The summed E-state index contributed by atoms with van der Waals surface area (Å²) in [5.74, 6) is 2.41. The van der Waals surface area contributed by atoms with Gasteiger partial charge in [0, 0.05) is 12.0 Å². The van der Waals surface area contributed by atoms with Gasteiger partial charge in [0.05, 0.1) is 0 Å². The zero-order chi connectivity index (χ0) is 13.6. The van der Waals surface area contributed by atoms with Crippen molar-refractivity contribution < 1.29 is 4.79 Å². The summed E-state index contributed by atoms with van der Waals surface area (Å²) >= 11 is 0. The van der Waals surface area contributed by atoms with Crippen molar-refractivity contribution in [1.29, 1.82) is 0 Å². The maximum Gasteiger partial charge on any atom is 0.220 e. The Morgan fingerprint density at radius 3 is 2.06 bits per heavy atom. The van der Waals surface area contributed by atoms with Gasteiger partial charge in [0.25, 0.3) is 0 Å². The van der Waals surface area contributed by atoms with Crippen molar-refractivity contribution in [2.45, 2.75) is 72.3 Å². The van der Waals surface area contributed by atoms with Crippen molar-refractivity contribution in [2.75, 3.05) is 0 Å². The molecule has 1 amide bonds. The zero-order valence-corrected chi connectivity index (χ0v) is 12.7. The largest absolute Gasteiger partial charge is 0.351 e. The maximum absolute atomic E-state index is 11.6. The number of rotatable bonds is 1. The Hall–Kier alpha value is -0.530. The SMILES string of the molecule is CC(C)(C)C1CCC(C2CC(=O)NC2(C)C)CC1. The van der Waals surface area contributed by atoms with E-state index in [0.717, 1.165) is 18.3 Å². The molecule has 1 heterocycles. The Bertz CT molecular complexity index is 318. The third-order valence-corrected chi connectivity index (χ3v) is 5.36. The lowest BCUT2D eigenvalue weighted by Crippen LogP contribution is -2.43. The van der Waals surface area contributed by atoms with Crippen LogP contribution in [0.4, 0.5) is 0 Å². The molecule has 1 unspecified atom stereocenters. The lowest BCUT2D eigenvalue weighted by atomic mass is 9.65. The Morgan fingerprint density at radius 1 is 1.11 bits per heavy atom. The summed E-state index contributed by atoms with van der Waals surface area (Å²) in [5.41, 5.74) is 0.459. The van der Waals surface area contributed by atoms with E-state index in [4.69, 9.17) is 0 Å². The highest BCUT2D eigenvalue weighted by Gasteiger charge is 2.44. The van der Waals surface area contributed by atoms with Crippen molar-refractivity contribution in [1.82, 2.24) is 5.32 Å². The summed E-state index contributed by atoms with van der Waals surface area (Å²) in [6, 6.07) is 0. The van der Waals surface area contributed by atoms with Crippen LogP contribution < -0.4 is 5.32 Å². The van der Waals surface area contributed by atoms with Crippen LogP contribution in [0.2, 0.25) is 0 Å². The van der Waals surface area contributed by atoms with E-state index in [1.807, 2.05) is 0 Å². The number of hydrogen-bond acceptors (Lipinski definition) is 1. The number of nitrogens with one attached hydrogen (secondary N) is 1. The van der Waals surface area contributed by atoms with Gasteiger partial charge >= 0.3 is 0 Å². The van der Waals surface area contributed by atoms with Gasteiger partial charge in [-0.2, -0.15) is 0 Å². The fourth-order valence-corrected chi connectivity index (χ4v) is 4.10. The van der Waals surface area contributed by atoms with Crippen molar-refractivity contribution in [3.8, 4) is 0 Å². The molecule has 2 heteroatoms. The summed E-state index contributed by atoms with van der Waals surface area (Å²) in [6.45, 7) is 11.5. The van der Waals surface area contributed by atoms with Crippen LogP contribution >= 0.6 is 0 Å². The van der Waals surface area contributed by atoms with E-state index in [1.54, 1.807) is 0 Å². The van der Waals surface area contributed by atoms with Gasteiger partial charge in [-0.15, -0.1) is 0 Å². The fraction of sp³-hybridized carbons (Fsp3) is 0.938. The van der Waals surface area contributed by atoms with Gasteiger partial charge in [-0.05, 0) is 62.7 Å². The second-order valence-corrected chi connectivity index (χ2v) is 8.06. The third-order valence-electron chi connectivity index (χ3n) is 5.36. The van der Waals surface area contributed by atoms with Gasteiger partial charge in [-0.3, -0.25) is 4.79 Å². The van der Waals surface area contributed by atoms with Crippen LogP contribution in [-0.4, -0.2) is 11.4 Å². The van der Waals surface area contributed by atoms with Crippen LogP contribution in [0.25, 0.3) is 0 Å². The maximum atomic E-state index is 11.6. The van der Waals surface area contributed by atoms with Crippen molar-refractivity contribution in [2.24, 2.45) is 23.2 Å². The molecule has 1 aliphatic heterocycles. The summed E-state index contributed by atoms with van der Waals surface area (Å²) in [6.07, 6.45) is 6.05. The molecule has 0 aromatic heterocycles. The van der Waals surface area contributed by atoms with E-state index in [2.05, 4.69) is 39.9 Å². The molecule has 1 saturated heterocycles. The molecule has 18 heavy (non-hydrogen) atoms. The summed E-state index contributed by atoms with van der Waals surface area (Å²) in [4.78, 5) is 11.6. The first kappa shape index (κ1) is 13.9. The van der Waals surface area contributed by atoms with Crippen LogP contribution in [0, 0.1) is 23.2 Å². The Kier molecular flexibility index (Phi) is 3.50. The predicted molar refractivity (Wildman–Crippen MR) is 75.2 cm³/mol. The molecule has 1 saturated carbocycles. The number of carbonyl (C=O) groups excluding carboxylic acids is 1. The van der Waals surface area contributed by atoms with Crippen LogP contribution in [0.15, 0.2) is 0 Å². The monoisotopic (exact) mass is 251 g/mol. The van der Waals surface area contributed by atoms with Gasteiger partial charge in [-0.1, -0.05) is 20.8 Å². The van der Waals surface area contributed by atoms with Crippen molar-refractivity contribution in [3.63, 3.8) is 0 Å². The molecule has 0 bridgehead atoms. The molecule has 0 radical (unpaired) electrons. The third kappa shape index (κ3) is 2.73. The first-order valence-corrected chi connectivity index (χ1v) is 7.51. The van der Waals surface area contributed by atoms with E-state index >= 15 is 0 Å². The average Bonchev–Trinajstić information content (AvgIpc) is 2.51. The van der Waals surface area contributed by atoms with Crippen LogP contribution in [-0.2, 0) is 4.79 Å². The molecule has 104 valence electrons. The highest BCUT2D eigenvalue weighted by molar-refractivity contribution is 5.79. The number of amides is 1. The molecule has 0 aromatic rings. The first-order valence-electron chi connectivity index (χ1n) is 7.51. The second kappa shape index (κ2) is 4.54. The van der Waals surface area contributed by atoms with Gasteiger partial charge in [0.1, 0.15) is 0 Å². The van der Waals surface area contributed by atoms with E-state index in [1.165, 1.54) is 25.7 Å². The Balaban J connectivity index is 1.96. The highest BCUT2D eigenvalue weighted by Crippen LogP contribution is 2.46. The quantitative estimate of drug-likeness (QED) is 0.755. The van der Waals surface area contributed by atoms with Crippen LogP contribution in [0.3, 0.4) is 0 Å². The highest BCUT2D eigenvalue weighted by atomic mass is 16.2. The molecule has 0 spiro atoms. The standard InChI is InChI=1S/C16H29NO/c1-15(2,3)12-8-6-11(7-9-12)13-10-14(18)17-16(13,4)5/h11-13H,6-10H2,1-5H3,(H,17,18). The lowest BCUT2D eigenvalue weighted by Gasteiger charge is -2.41. The Labute approximate surface area is 112 Å². The average molecular weight is 251 g/mol. The van der Waals surface area contributed by atoms with Crippen molar-refractivity contribution in [3.05, 3.63) is 0 Å². The summed E-state index contributed by atoms with van der Waals surface area (Å²) < 4.78 is 0. The number of hydrogen-bond donors (Lipinski definition) is 1. The molecule has 2 fully saturated rings. The molecule has 1 N–H and O–H groups in total. The Morgan fingerprint density at radius 2 is 1.67 bits per heavy atom. The molecule has 1 atom stereocenters. The lowest BCUT2D eigenvalue weighted by molar-refractivity contribution is -0.119. The fourth-order valence-electron chi connectivity index (χ4n) is 4.10. The smallest absolute Gasteiger partial charge is 0.220 e. The molecule has 0 aromatic carbocycles. The first-order chi connectivity index (χ1) is 8.20. The normalized spacial score (nSPS) is 36.5. The van der Waals surface area contributed by atoms with E-state index in [0.29, 0.717) is 11.3 Å². The minimum atomic E-state index is 0.0102. The molecular weight excluding hydrogens is 222 g/mol. The van der Waals surface area contributed by atoms with Gasteiger partial charge < -0.3 is 5.32 Å².